The van der Waals surface area contributed by atoms with Crippen LogP contribution in [0.4, 0.5) is 5.82 Å². The van der Waals surface area contributed by atoms with E-state index >= 15 is 0 Å². The molecule has 2 aliphatic heterocycles. The maximum atomic E-state index is 12.2. The summed E-state index contributed by atoms with van der Waals surface area (Å²) < 4.78 is 2.13. The molecule has 3 rings (SSSR count). The largest absolute Gasteiger partial charge is 0.481 e. The predicted octanol–water partition coefficient (Wildman–Crippen LogP) is -1.08. The number of hydrogen-bond donors (Lipinski definition) is 1. The van der Waals surface area contributed by atoms with Crippen molar-refractivity contribution in [2.45, 2.75) is 31.3 Å². The van der Waals surface area contributed by atoms with Crippen molar-refractivity contribution in [3.05, 3.63) is 20.8 Å². The molecule has 0 saturated carbocycles. The lowest BCUT2D eigenvalue weighted by molar-refractivity contribution is -0.142. The van der Waals surface area contributed by atoms with Gasteiger partial charge in [0.2, 0.25) is 5.82 Å². The molecule has 1 N–H and O–H groups in total. The monoisotopic (exact) mass is 280 g/mol. The van der Waals surface area contributed by atoms with E-state index < -0.39 is 23.1 Å². The topological polar surface area (TPSA) is 97.4 Å². The number of nitrogens with zero attached hydrogens (tertiary/aromatic N) is 4. The fraction of sp³-hybridized carbons (Fsp3) is 0.667. The van der Waals surface area contributed by atoms with Crippen LogP contribution in [0.3, 0.4) is 0 Å². The number of hydrogen-bond acceptors (Lipinski definition) is 5. The number of fused-ring (bicyclic) bond motifs is 2. The molecule has 2 fully saturated rings. The summed E-state index contributed by atoms with van der Waals surface area (Å²) in [6, 6.07) is -0.172. The van der Waals surface area contributed by atoms with Crippen LogP contribution in [0.15, 0.2) is 9.59 Å². The second-order valence-electron chi connectivity index (χ2n) is 5.48. The number of aryl methyl sites for hydroxylation is 1. The fourth-order valence-corrected chi connectivity index (χ4v) is 3.43. The van der Waals surface area contributed by atoms with Gasteiger partial charge in [-0.1, -0.05) is 0 Å². The summed E-state index contributed by atoms with van der Waals surface area (Å²) in [4.78, 5) is 36.9. The van der Waals surface area contributed by atoms with Gasteiger partial charge in [-0.15, -0.1) is 5.10 Å². The quantitative estimate of drug-likeness (QED) is 0.740. The summed E-state index contributed by atoms with van der Waals surface area (Å²) in [7, 11) is 2.89. The van der Waals surface area contributed by atoms with Crippen molar-refractivity contribution in [1.82, 2.24) is 14.3 Å². The molecular formula is C12H16N4O4. The number of carboxylic acid groups (broad SMARTS) is 1. The van der Waals surface area contributed by atoms with Gasteiger partial charge < -0.3 is 10.0 Å². The summed E-state index contributed by atoms with van der Waals surface area (Å²) in [6.45, 7) is 0. The Balaban J connectivity index is 2.10. The van der Waals surface area contributed by atoms with Gasteiger partial charge in [0.1, 0.15) is 0 Å². The van der Waals surface area contributed by atoms with Crippen LogP contribution in [0.5, 0.6) is 0 Å². The molecule has 20 heavy (non-hydrogen) atoms. The highest BCUT2D eigenvalue weighted by atomic mass is 16.4. The predicted molar refractivity (Wildman–Crippen MR) is 69.8 cm³/mol. The van der Waals surface area contributed by atoms with E-state index in [0.717, 1.165) is 22.1 Å². The van der Waals surface area contributed by atoms with E-state index in [1.54, 1.807) is 4.90 Å². The van der Waals surface area contributed by atoms with Crippen LogP contribution >= 0.6 is 0 Å². The Hall–Kier alpha value is -2.12. The number of anilines is 1. The van der Waals surface area contributed by atoms with Crippen molar-refractivity contribution in [2.75, 3.05) is 4.90 Å². The molecule has 2 aliphatic rings. The number of aliphatic carboxylic acids is 1. The first kappa shape index (κ1) is 12.9. The minimum atomic E-state index is -0.830. The average Bonchev–Trinajstić information content (AvgIpc) is 2.98. The molecule has 2 saturated heterocycles. The van der Waals surface area contributed by atoms with Crippen LogP contribution in [0.2, 0.25) is 0 Å². The zero-order valence-corrected chi connectivity index (χ0v) is 11.3. The molecule has 8 heteroatoms. The first-order valence-electron chi connectivity index (χ1n) is 6.57. The lowest BCUT2D eigenvalue weighted by Gasteiger charge is -2.23. The summed E-state index contributed by atoms with van der Waals surface area (Å²) in [6.07, 6.45) is 2.14. The van der Waals surface area contributed by atoms with Crippen LogP contribution in [0, 0.1) is 5.92 Å². The molecule has 0 amide bonds. The van der Waals surface area contributed by atoms with Crippen molar-refractivity contribution in [3.8, 4) is 0 Å². The van der Waals surface area contributed by atoms with Gasteiger partial charge in [0, 0.05) is 26.2 Å². The van der Waals surface area contributed by atoms with Gasteiger partial charge in [0.25, 0.3) is 5.56 Å². The average molecular weight is 280 g/mol. The molecular weight excluding hydrogens is 264 g/mol. The molecule has 8 nitrogen and oxygen atoms in total. The molecule has 0 radical (unpaired) electrons. The molecule has 1 aromatic heterocycles. The number of rotatable bonds is 2. The smallest absolute Gasteiger partial charge is 0.346 e. The minimum Gasteiger partial charge on any atom is -0.481 e. The second kappa shape index (κ2) is 4.19. The molecule has 2 bridgehead atoms. The van der Waals surface area contributed by atoms with E-state index in [4.69, 9.17) is 0 Å². The summed E-state index contributed by atoms with van der Waals surface area (Å²) in [5.74, 6) is -1.10. The first-order valence-corrected chi connectivity index (χ1v) is 6.57. The van der Waals surface area contributed by atoms with E-state index in [9.17, 15) is 19.5 Å². The number of carboxylic acids is 1. The fourth-order valence-electron chi connectivity index (χ4n) is 3.43. The maximum Gasteiger partial charge on any atom is 0.346 e. The van der Waals surface area contributed by atoms with Crippen molar-refractivity contribution < 1.29 is 9.90 Å². The van der Waals surface area contributed by atoms with E-state index in [2.05, 4.69) is 5.10 Å². The van der Waals surface area contributed by atoms with E-state index in [1.807, 2.05) is 0 Å². The highest BCUT2D eigenvalue weighted by Crippen LogP contribution is 2.42. The van der Waals surface area contributed by atoms with E-state index in [-0.39, 0.29) is 17.9 Å². The van der Waals surface area contributed by atoms with E-state index in [1.165, 1.54) is 14.1 Å². The summed E-state index contributed by atoms with van der Waals surface area (Å²) >= 11 is 0. The Kier molecular flexibility index (Phi) is 2.70. The lowest BCUT2D eigenvalue weighted by Crippen LogP contribution is -2.45. The zero-order chi connectivity index (χ0) is 14.6. The zero-order valence-electron chi connectivity index (χ0n) is 11.3. The van der Waals surface area contributed by atoms with Gasteiger partial charge in [-0.05, 0) is 19.3 Å². The summed E-state index contributed by atoms with van der Waals surface area (Å²) in [5, 5.41) is 13.3. The van der Waals surface area contributed by atoms with Gasteiger partial charge >= 0.3 is 11.7 Å². The summed E-state index contributed by atoms with van der Waals surface area (Å²) in [5.41, 5.74) is -0.948. The third kappa shape index (κ3) is 1.60. The van der Waals surface area contributed by atoms with Crippen LogP contribution in [-0.2, 0) is 18.9 Å². The Morgan fingerprint density at radius 2 is 2.00 bits per heavy atom. The lowest BCUT2D eigenvalue weighted by atomic mass is 9.89. The molecule has 3 atom stereocenters. The number of carbonyl (C=O) groups is 1. The Bertz CT molecular complexity index is 692. The van der Waals surface area contributed by atoms with Crippen molar-refractivity contribution in [2.24, 2.45) is 20.0 Å². The van der Waals surface area contributed by atoms with Crippen molar-refractivity contribution in [1.29, 1.82) is 0 Å². The highest BCUT2D eigenvalue weighted by molar-refractivity contribution is 5.73. The molecule has 0 aliphatic carbocycles. The Labute approximate surface area is 114 Å². The first-order chi connectivity index (χ1) is 9.41. The molecule has 3 heterocycles. The van der Waals surface area contributed by atoms with E-state index in [0.29, 0.717) is 6.42 Å². The van der Waals surface area contributed by atoms with Gasteiger partial charge in [-0.2, -0.15) is 0 Å². The SMILES string of the molecule is Cn1nc(N2C3CCC2C(C(=O)O)C3)c(=O)n(C)c1=O. The molecule has 1 aromatic rings. The van der Waals surface area contributed by atoms with Crippen LogP contribution < -0.4 is 16.1 Å². The Morgan fingerprint density at radius 3 is 2.60 bits per heavy atom. The maximum absolute atomic E-state index is 12.2. The van der Waals surface area contributed by atoms with Crippen molar-refractivity contribution in [3.63, 3.8) is 0 Å². The van der Waals surface area contributed by atoms with Gasteiger partial charge in [0.15, 0.2) is 0 Å². The van der Waals surface area contributed by atoms with Crippen LogP contribution in [0.25, 0.3) is 0 Å². The number of aromatic nitrogens is 3. The van der Waals surface area contributed by atoms with Gasteiger partial charge in [-0.25, -0.2) is 9.48 Å². The second-order valence-corrected chi connectivity index (χ2v) is 5.48. The van der Waals surface area contributed by atoms with Crippen molar-refractivity contribution >= 4 is 11.8 Å². The molecule has 3 unspecified atom stereocenters. The minimum absolute atomic E-state index is 0.0267. The normalized spacial score (nSPS) is 28.1. The molecule has 0 spiro atoms. The molecule has 108 valence electrons. The van der Waals surface area contributed by atoms with Crippen LogP contribution in [-0.4, -0.2) is 37.5 Å². The van der Waals surface area contributed by atoms with Gasteiger partial charge in [-0.3, -0.25) is 14.2 Å². The third-order valence-electron chi connectivity index (χ3n) is 4.40. The van der Waals surface area contributed by atoms with Gasteiger partial charge in [0.05, 0.1) is 5.92 Å². The van der Waals surface area contributed by atoms with Crippen LogP contribution in [0.1, 0.15) is 19.3 Å². The Morgan fingerprint density at radius 1 is 1.30 bits per heavy atom. The molecule has 0 aromatic carbocycles. The highest BCUT2D eigenvalue weighted by Gasteiger charge is 2.50. The standard InChI is InChI=1S/C12H16N4O4/c1-14-10(17)9(13-15(2)12(14)20)16-6-3-4-8(16)7(5-6)11(18)19/h6-8H,3-5H2,1-2H3,(H,18,19). The third-order valence-corrected chi connectivity index (χ3v) is 4.40.